The van der Waals surface area contributed by atoms with E-state index in [9.17, 15) is 58.8 Å². The van der Waals surface area contributed by atoms with Crippen LogP contribution in [0.4, 0.5) is 0 Å². The van der Waals surface area contributed by atoms with Crippen LogP contribution in [0, 0.1) is 17.8 Å². The predicted octanol–water partition coefficient (Wildman–Crippen LogP) is -2.59. The molecule has 0 aromatic carbocycles. The molecular weight excluding hydrogens is 686 g/mol. The number of rotatable bonds is 21. The van der Waals surface area contributed by atoms with Crippen molar-refractivity contribution in [2.24, 2.45) is 23.5 Å². The highest BCUT2D eigenvalue weighted by Gasteiger charge is 2.41. The van der Waals surface area contributed by atoms with Crippen molar-refractivity contribution >= 4 is 47.4 Å². The van der Waals surface area contributed by atoms with E-state index in [-0.39, 0.29) is 31.2 Å². The Balaban J connectivity index is 3.19. The first-order valence-corrected chi connectivity index (χ1v) is 17.5. The van der Waals surface area contributed by atoms with Crippen LogP contribution in [0.15, 0.2) is 0 Å². The van der Waals surface area contributed by atoms with Gasteiger partial charge in [0.25, 0.3) is 0 Å². The maximum atomic E-state index is 13.8. The Labute approximate surface area is 303 Å². The maximum Gasteiger partial charge on any atom is 0.328 e. The molecule has 6 amide bonds. The lowest BCUT2D eigenvalue weighted by molar-refractivity contribution is -0.146. The van der Waals surface area contributed by atoms with Crippen molar-refractivity contribution in [1.29, 1.82) is 0 Å². The second kappa shape index (κ2) is 21.2. The summed E-state index contributed by atoms with van der Waals surface area (Å²) in [5.41, 5.74) is 6.04. The lowest BCUT2D eigenvalue weighted by atomic mass is 9.97. The fourth-order valence-corrected chi connectivity index (χ4v) is 5.49. The molecule has 1 heterocycles. The number of nitrogens with two attached hydrogens (primary N) is 1. The van der Waals surface area contributed by atoms with Crippen molar-refractivity contribution in [2.45, 2.75) is 129 Å². The van der Waals surface area contributed by atoms with E-state index in [2.05, 4.69) is 21.3 Å². The second-order valence-electron chi connectivity index (χ2n) is 14.0. The zero-order valence-electron chi connectivity index (χ0n) is 30.9. The largest absolute Gasteiger partial charge is 0.481 e. The van der Waals surface area contributed by atoms with Gasteiger partial charge in [-0.2, -0.15) is 0 Å². The van der Waals surface area contributed by atoms with Crippen LogP contribution in [0.25, 0.3) is 0 Å². The number of hydrogen-bond donors (Lipinski definition) is 10. The van der Waals surface area contributed by atoms with Crippen molar-refractivity contribution < 1.29 is 58.8 Å². The van der Waals surface area contributed by atoms with E-state index < -0.39 is 115 Å². The van der Waals surface area contributed by atoms with Gasteiger partial charge in [-0.05, 0) is 43.9 Å². The highest BCUT2D eigenvalue weighted by Crippen LogP contribution is 2.21. The molecule has 0 radical (unpaired) electrons. The van der Waals surface area contributed by atoms with E-state index in [1.807, 2.05) is 12.2 Å². The molecule has 1 rings (SSSR count). The minimum atomic E-state index is -1.72. The lowest BCUT2D eigenvalue weighted by Crippen LogP contribution is -2.61. The summed E-state index contributed by atoms with van der Waals surface area (Å²) in [6, 6.07) is -9.52. The zero-order valence-corrected chi connectivity index (χ0v) is 30.9. The van der Waals surface area contributed by atoms with E-state index in [1.165, 1.54) is 4.90 Å². The number of carboxylic acid groups (broad SMARTS) is 2. The average Bonchev–Trinajstić information content (AvgIpc) is 3.56. The Morgan fingerprint density at radius 2 is 1.31 bits per heavy atom. The van der Waals surface area contributed by atoms with E-state index >= 15 is 0 Å². The van der Waals surface area contributed by atoms with Crippen LogP contribution in [-0.4, -0.2) is 134 Å². The summed E-state index contributed by atoms with van der Waals surface area (Å²) in [5, 5.41) is 50.1. The second-order valence-corrected chi connectivity index (χ2v) is 14.0. The molecule has 0 bridgehead atoms. The molecule has 296 valence electrons. The topological polar surface area (TPSA) is 307 Å². The van der Waals surface area contributed by atoms with Gasteiger partial charge in [0, 0.05) is 6.54 Å². The molecule has 1 aliphatic heterocycles. The summed E-state index contributed by atoms with van der Waals surface area (Å²) in [6.07, 6.45) is -1.10. The molecule has 1 saturated heterocycles. The van der Waals surface area contributed by atoms with E-state index in [0.717, 1.165) is 6.92 Å². The fraction of sp³-hybridized carbons (Fsp3) is 0.758. The number of nitrogens with one attached hydrogen (secondary N) is 5. The van der Waals surface area contributed by atoms with Crippen LogP contribution >= 0.6 is 0 Å². The summed E-state index contributed by atoms with van der Waals surface area (Å²) in [5.74, 6) is -8.92. The number of aliphatic hydroxyl groups excluding tert-OH is 2. The highest BCUT2D eigenvalue weighted by molar-refractivity contribution is 5.98. The highest BCUT2D eigenvalue weighted by atomic mass is 16.4. The number of carbonyl (C=O) groups is 8. The summed E-state index contributed by atoms with van der Waals surface area (Å²) in [6.45, 7) is 10.7. The Morgan fingerprint density at radius 3 is 1.79 bits per heavy atom. The molecule has 1 aliphatic rings. The predicted molar refractivity (Wildman–Crippen MR) is 185 cm³/mol. The molecule has 0 aliphatic carbocycles. The van der Waals surface area contributed by atoms with Crippen molar-refractivity contribution in [1.82, 2.24) is 31.5 Å². The molecule has 0 spiro atoms. The van der Waals surface area contributed by atoms with Crippen LogP contribution in [-0.2, 0) is 38.4 Å². The van der Waals surface area contributed by atoms with Crippen molar-refractivity contribution in [3.8, 4) is 0 Å². The van der Waals surface area contributed by atoms with Gasteiger partial charge in [-0.15, -0.1) is 0 Å². The Bertz CT molecular complexity index is 1290. The third-order valence-corrected chi connectivity index (χ3v) is 8.84. The quantitative estimate of drug-likeness (QED) is 0.0578. The first-order valence-electron chi connectivity index (χ1n) is 17.5. The molecule has 0 unspecified atom stereocenters. The van der Waals surface area contributed by atoms with Gasteiger partial charge < -0.3 is 57.6 Å². The van der Waals surface area contributed by atoms with Gasteiger partial charge in [0.2, 0.25) is 35.4 Å². The number of nitrogens with zero attached hydrogens (tertiary/aromatic N) is 1. The average molecular weight is 744 g/mol. The monoisotopic (exact) mass is 743 g/mol. The molecular formula is C33H57N7O12. The standard InChI is InChI=1S/C33H57N7O12/c1-8-17(6)24(34)31(49)36-19(12-15(2)3)27(45)35-20(13-23(43)44)28(46)38-25(16(4)5)32(50)40-11-9-10-22(40)30(48)37-21(14-41)29(47)39-26(18(7)42)33(51)52/h15-22,24-26,41-42H,8-14,34H2,1-7H3,(H,35,45)(H,36,49)(H,37,48)(H,38,46)(H,39,47)(H,43,44)(H,51,52)/t17-,18+,19-,20-,21-,22-,24-,25-,26-/m0/s1. The van der Waals surface area contributed by atoms with Gasteiger partial charge in [-0.3, -0.25) is 33.6 Å². The molecule has 19 nitrogen and oxygen atoms in total. The molecule has 0 saturated carbocycles. The van der Waals surface area contributed by atoms with Crippen molar-refractivity contribution in [3.63, 3.8) is 0 Å². The Morgan fingerprint density at radius 1 is 0.769 bits per heavy atom. The van der Waals surface area contributed by atoms with E-state index in [0.29, 0.717) is 12.8 Å². The lowest BCUT2D eigenvalue weighted by Gasteiger charge is -2.32. The Kier molecular flexibility index (Phi) is 18.6. The number of amides is 6. The molecule has 52 heavy (non-hydrogen) atoms. The minimum Gasteiger partial charge on any atom is -0.481 e. The molecule has 11 N–H and O–H groups in total. The Hall–Kier alpha value is -4.36. The van der Waals surface area contributed by atoms with Gasteiger partial charge in [-0.25, -0.2) is 4.79 Å². The van der Waals surface area contributed by atoms with Gasteiger partial charge in [-0.1, -0.05) is 48.0 Å². The molecule has 19 heteroatoms. The third-order valence-electron chi connectivity index (χ3n) is 8.84. The molecule has 0 aromatic rings. The number of aliphatic hydroxyl groups is 2. The van der Waals surface area contributed by atoms with Crippen molar-refractivity contribution in [2.75, 3.05) is 13.2 Å². The summed E-state index contributed by atoms with van der Waals surface area (Å²) in [7, 11) is 0. The van der Waals surface area contributed by atoms with Crippen LogP contribution in [0.1, 0.15) is 80.6 Å². The summed E-state index contributed by atoms with van der Waals surface area (Å²) in [4.78, 5) is 104. The smallest absolute Gasteiger partial charge is 0.328 e. The first kappa shape index (κ1) is 45.7. The molecule has 9 atom stereocenters. The number of likely N-dealkylation sites (tertiary alicyclic amines) is 1. The minimum absolute atomic E-state index is 0.0692. The summed E-state index contributed by atoms with van der Waals surface area (Å²) >= 11 is 0. The number of carboxylic acids is 2. The van der Waals surface area contributed by atoms with E-state index in [1.54, 1.807) is 34.6 Å². The van der Waals surface area contributed by atoms with Gasteiger partial charge in [0.05, 0.1) is 25.2 Å². The number of hydrogen-bond acceptors (Lipinski definition) is 11. The van der Waals surface area contributed by atoms with Crippen LogP contribution < -0.4 is 32.3 Å². The normalized spacial score (nSPS) is 18.9. The maximum absolute atomic E-state index is 13.8. The SMILES string of the molecule is CC[C@H](C)[C@H](N)C(=O)N[C@@H](CC(C)C)C(=O)N[C@@H](CC(=O)O)C(=O)N[C@H](C(=O)N1CCC[C@H]1C(=O)N[C@@H](CO)C(=O)N[C@H](C(=O)O)[C@@H](C)O)C(C)C. The van der Waals surface area contributed by atoms with Gasteiger partial charge in [0.15, 0.2) is 6.04 Å². The number of carbonyl (C=O) groups excluding carboxylic acids is 6. The van der Waals surface area contributed by atoms with Gasteiger partial charge >= 0.3 is 11.9 Å². The fourth-order valence-electron chi connectivity index (χ4n) is 5.49. The van der Waals surface area contributed by atoms with E-state index in [4.69, 9.17) is 5.73 Å². The van der Waals surface area contributed by atoms with Gasteiger partial charge in [0.1, 0.15) is 30.2 Å². The summed E-state index contributed by atoms with van der Waals surface area (Å²) < 4.78 is 0. The third kappa shape index (κ3) is 13.6. The first-order chi connectivity index (χ1) is 24.2. The molecule has 1 fully saturated rings. The van der Waals surface area contributed by atoms with Crippen LogP contribution in [0.2, 0.25) is 0 Å². The van der Waals surface area contributed by atoms with Crippen molar-refractivity contribution in [3.05, 3.63) is 0 Å². The zero-order chi connectivity index (χ0) is 40.0. The van der Waals surface area contributed by atoms with Crippen LogP contribution in [0.5, 0.6) is 0 Å². The number of aliphatic carboxylic acids is 2. The molecule has 0 aromatic heterocycles. The van der Waals surface area contributed by atoms with Crippen LogP contribution in [0.3, 0.4) is 0 Å².